The van der Waals surface area contributed by atoms with E-state index in [4.69, 9.17) is 10.5 Å². The van der Waals surface area contributed by atoms with E-state index in [1.54, 1.807) is 11.8 Å². The van der Waals surface area contributed by atoms with Crippen LogP contribution in [-0.4, -0.2) is 12.4 Å². The molecule has 0 spiro atoms. The zero-order chi connectivity index (χ0) is 14.4. The van der Waals surface area contributed by atoms with Crippen molar-refractivity contribution >= 4 is 27.7 Å². The van der Waals surface area contributed by atoms with Crippen LogP contribution in [0.15, 0.2) is 57.9 Å². The predicted molar refractivity (Wildman–Crippen MR) is 89.4 cm³/mol. The Balaban J connectivity index is 1.88. The summed E-state index contributed by atoms with van der Waals surface area (Å²) < 4.78 is 6.88. The van der Waals surface area contributed by atoms with Gasteiger partial charge in [0.25, 0.3) is 0 Å². The average molecular weight is 352 g/mol. The summed E-state index contributed by atoms with van der Waals surface area (Å²) in [6.45, 7) is 2.63. The summed E-state index contributed by atoms with van der Waals surface area (Å²) in [7, 11) is 0. The molecule has 1 unspecified atom stereocenters. The Morgan fingerprint density at radius 1 is 1.20 bits per heavy atom. The summed E-state index contributed by atoms with van der Waals surface area (Å²) >= 11 is 5.25. The topological polar surface area (TPSA) is 35.2 Å². The number of rotatable bonds is 6. The average Bonchev–Trinajstić information content (AvgIpc) is 2.45. The maximum absolute atomic E-state index is 5.97. The van der Waals surface area contributed by atoms with Crippen LogP contribution in [0.2, 0.25) is 0 Å². The Hall–Kier alpha value is -0.970. The lowest BCUT2D eigenvalue weighted by atomic mass is 10.1. The van der Waals surface area contributed by atoms with Crippen LogP contribution in [0.3, 0.4) is 0 Å². The molecule has 2 aromatic rings. The summed E-state index contributed by atoms with van der Waals surface area (Å²) in [4.78, 5) is 1.26. The smallest absolute Gasteiger partial charge is 0.124 e. The normalized spacial score (nSPS) is 12.2. The van der Waals surface area contributed by atoms with E-state index in [2.05, 4.69) is 28.1 Å². The van der Waals surface area contributed by atoms with Gasteiger partial charge < -0.3 is 10.5 Å². The third kappa shape index (κ3) is 4.54. The van der Waals surface area contributed by atoms with Crippen LogP contribution in [0.25, 0.3) is 0 Å². The van der Waals surface area contributed by atoms with E-state index in [1.807, 2.05) is 43.3 Å². The first-order chi connectivity index (χ1) is 9.66. The fourth-order valence-corrected chi connectivity index (χ4v) is 2.97. The Morgan fingerprint density at radius 3 is 2.65 bits per heavy atom. The zero-order valence-corrected chi connectivity index (χ0v) is 13.8. The summed E-state index contributed by atoms with van der Waals surface area (Å²) in [5.74, 6) is 1.79. The van der Waals surface area contributed by atoms with Gasteiger partial charge in [-0.1, -0.05) is 34.1 Å². The van der Waals surface area contributed by atoms with Crippen molar-refractivity contribution in [2.45, 2.75) is 17.9 Å². The second-order valence-electron chi connectivity index (χ2n) is 4.48. The maximum atomic E-state index is 5.97. The molecule has 20 heavy (non-hydrogen) atoms. The van der Waals surface area contributed by atoms with Crippen LogP contribution in [0.5, 0.6) is 5.75 Å². The second-order valence-corrected chi connectivity index (χ2v) is 6.56. The van der Waals surface area contributed by atoms with Gasteiger partial charge in [0.15, 0.2) is 0 Å². The van der Waals surface area contributed by atoms with E-state index in [-0.39, 0.29) is 6.04 Å². The third-order valence-corrected chi connectivity index (χ3v) is 4.28. The highest BCUT2D eigenvalue weighted by molar-refractivity contribution is 9.10. The van der Waals surface area contributed by atoms with Crippen LogP contribution >= 0.6 is 27.7 Å². The fraction of sp³-hybridized carbons (Fsp3) is 0.250. The molecule has 2 N–H and O–H groups in total. The number of benzene rings is 2. The lowest BCUT2D eigenvalue weighted by Crippen LogP contribution is -2.09. The van der Waals surface area contributed by atoms with Crippen molar-refractivity contribution in [1.82, 2.24) is 0 Å². The van der Waals surface area contributed by atoms with Gasteiger partial charge in [-0.2, -0.15) is 0 Å². The van der Waals surface area contributed by atoms with E-state index >= 15 is 0 Å². The summed E-state index contributed by atoms with van der Waals surface area (Å²) in [5.41, 5.74) is 7.00. The van der Waals surface area contributed by atoms with Gasteiger partial charge in [-0.05, 0) is 37.3 Å². The minimum atomic E-state index is -0.0377. The van der Waals surface area contributed by atoms with Crippen molar-refractivity contribution in [1.29, 1.82) is 0 Å². The monoisotopic (exact) mass is 351 g/mol. The van der Waals surface area contributed by atoms with Crippen LogP contribution < -0.4 is 10.5 Å². The van der Waals surface area contributed by atoms with E-state index in [9.17, 15) is 0 Å². The van der Waals surface area contributed by atoms with Gasteiger partial charge in [-0.25, -0.2) is 0 Å². The van der Waals surface area contributed by atoms with Crippen molar-refractivity contribution in [3.8, 4) is 5.75 Å². The number of hydrogen-bond acceptors (Lipinski definition) is 3. The Bertz CT molecular complexity index is 545. The lowest BCUT2D eigenvalue weighted by Gasteiger charge is -2.14. The third-order valence-electron chi connectivity index (χ3n) is 2.82. The molecule has 0 bridgehead atoms. The molecule has 2 rings (SSSR count). The SMILES string of the molecule is CC(N)c1cc(Br)ccc1OCCSc1ccccc1. The molecule has 0 aromatic heterocycles. The Labute approximate surface area is 132 Å². The summed E-state index contributed by atoms with van der Waals surface area (Å²) in [6, 6.07) is 16.3. The first-order valence-corrected chi connectivity index (χ1v) is 8.30. The second kappa shape index (κ2) is 7.72. The highest BCUT2D eigenvalue weighted by Crippen LogP contribution is 2.27. The maximum Gasteiger partial charge on any atom is 0.124 e. The molecule has 0 aliphatic heterocycles. The van der Waals surface area contributed by atoms with Crippen LogP contribution in [0, 0.1) is 0 Å². The first-order valence-electron chi connectivity index (χ1n) is 6.52. The number of ether oxygens (including phenoxy) is 1. The lowest BCUT2D eigenvalue weighted by molar-refractivity contribution is 0.338. The highest BCUT2D eigenvalue weighted by Gasteiger charge is 2.08. The van der Waals surface area contributed by atoms with Gasteiger partial charge >= 0.3 is 0 Å². The fourth-order valence-electron chi connectivity index (χ4n) is 1.83. The van der Waals surface area contributed by atoms with E-state index < -0.39 is 0 Å². The quantitative estimate of drug-likeness (QED) is 0.608. The number of hydrogen-bond donors (Lipinski definition) is 1. The van der Waals surface area contributed by atoms with Crippen molar-refractivity contribution in [2.75, 3.05) is 12.4 Å². The van der Waals surface area contributed by atoms with Crippen LogP contribution in [-0.2, 0) is 0 Å². The van der Waals surface area contributed by atoms with Gasteiger partial charge in [0.2, 0.25) is 0 Å². The minimum Gasteiger partial charge on any atom is -0.492 e. The number of thioether (sulfide) groups is 1. The summed E-state index contributed by atoms with van der Waals surface area (Å²) in [5, 5.41) is 0. The highest BCUT2D eigenvalue weighted by atomic mass is 79.9. The first kappa shape index (κ1) is 15.4. The Kier molecular flexibility index (Phi) is 5.95. The number of nitrogens with two attached hydrogens (primary N) is 1. The van der Waals surface area contributed by atoms with Crippen molar-refractivity contribution in [3.05, 3.63) is 58.6 Å². The van der Waals surface area contributed by atoms with Crippen molar-refractivity contribution < 1.29 is 4.74 Å². The Morgan fingerprint density at radius 2 is 1.95 bits per heavy atom. The van der Waals surface area contributed by atoms with Crippen LogP contribution in [0.1, 0.15) is 18.5 Å². The van der Waals surface area contributed by atoms with Crippen LogP contribution in [0.4, 0.5) is 0 Å². The zero-order valence-electron chi connectivity index (χ0n) is 11.4. The molecule has 0 fully saturated rings. The van der Waals surface area contributed by atoms with E-state index in [0.717, 1.165) is 21.5 Å². The molecule has 0 heterocycles. The van der Waals surface area contributed by atoms with E-state index in [0.29, 0.717) is 6.61 Å². The predicted octanol–water partition coefficient (Wildman–Crippen LogP) is 4.64. The van der Waals surface area contributed by atoms with Gasteiger partial charge in [0.1, 0.15) is 5.75 Å². The molecule has 2 nitrogen and oxygen atoms in total. The van der Waals surface area contributed by atoms with Gasteiger partial charge in [0, 0.05) is 26.7 Å². The van der Waals surface area contributed by atoms with Gasteiger partial charge in [0.05, 0.1) is 6.61 Å². The molecule has 0 saturated carbocycles. The minimum absolute atomic E-state index is 0.0377. The molecule has 0 radical (unpaired) electrons. The molecule has 2 aromatic carbocycles. The van der Waals surface area contributed by atoms with E-state index in [1.165, 1.54) is 4.90 Å². The van der Waals surface area contributed by atoms with Gasteiger partial charge in [-0.15, -0.1) is 11.8 Å². The standard InChI is InChI=1S/C16H18BrNOS/c1-12(18)15-11-13(17)7-8-16(15)19-9-10-20-14-5-3-2-4-6-14/h2-8,11-12H,9-10,18H2,1H3. The molecule has 1 atom stereocenters. The molecule has 4 heteroatoms. The molecular formula is C16H18BrNOS. The molecule has 106 valence electrons. The molecule has 0 saturated heterocycles. The van der Waals surface area contributed by atoms with Crippen molar-refractivity contribution in [2.24, 2.45) is 5.73 Å². The summed E-state index contributed by atoms with van der Waals surface area (Å²) in [6.07, 6.45) is 0. The largest absolute Gasteiger partial charge is 0.492 e. The molecular weight excluding hydrogens is 334 g/mol. The molecule has 0 aliphatic rings. The molecule has 0 amide bonds. The van der Waals surface area contributed by atoms with Gasteiger partial charge in [-0.3, -0.25) is 0 Å². The number of halogens is 1. The molecule has 0 aliphatic carbocycles. The van der Waals surface area contributed by atoms with Crippen molar-refractivity contribution in [3.63, 3.8) is 0 Å².